The van der Waals surface area contributed by atoms with Crippen LogP contribution in [0.5, 0.6) is 0 Å². The molecule has 2 fully saturated rings. The molecule has 0 aromatic rings. The first-order valence-electron chi connectivity index (χ1n) is 5.74. The van der Waals surface area contributed by atoms with Gasteiger partial charge in [0.25, 0.3) is 0 Å². The van der Waals surface area contributed by atoms with Gasteiger partial charge >= 0.3 is 5.97 Å². The molecule has 2 aliphatic heterocycles. The molecular formula is C10H18N2O4S. The van der Waals surface area contributed by atoms with Gasteiger partial charge in [-0.3, -0.25) is 4.79 Å². The summed E-state index contributed by atoms with van der Waals surface area (Å²) in [6.45, 7) is 3.43. The third kappa shape index (κ3) is 2.31. The predicted molar refractivity (Wildman–Crippen MR) is 61.9 cm³/mol. The van der Waals surface area contributed by atoms with Crippen LogP contribution < -0.4 is 5.32 Å². The Labute approximate surface area is 101 Å². The summed E-state index contributed by atoms with van der Waals surface area (Å²) in [5.74, 6) is -0.888. The molecule has 1 N–H and O–H groups in total. The van der Waals surface area contributed by atoms with Gasteiger partial charge in [-0.05, 0) is 25.8 Å². The minimum atomic E-state index is -3.56. The van der Waals surface area contributed by atoms with Crippen molar-refractivity contribution in [1.82, 2.24) is 9.62 Å². The minimum absolute atomic E-state index is 0.000318. The van der Waals surface area contributed by atoms with Crippen molar-refractivity contribution in [3.8, 4) is 0 Å². The molecular weight excluding hydrogens is 244 g/mol. The van der Waals surface area contributed by atoms with Gasteiger partial charge in [0.2, 0.25) is 10.0 Å². The summed E-state index contributed by atoms with van der Waals surface area (Å²) >= 11 is 0. The summed E-state index contributed by atoms with van der Waals surface area (Å²) in [4.78, 5) is 11.1. The van der Waals surface area contributed by atoms with E-state index in [2.05, 4.69) is 10.1 Å². The van der Waals surface area contributed by atoms with Gasteiger partial charge in [0, 0.05) is 18.6 Å². The third-order valence-electron chi connectivity index (χ3n) is 3.56. The fraction of sp³-hybridized carbons (Fsp3) is 0.900. The van der Waals surface area contributed by atoms with E-state index in [1.807, 2.05) is 6.92 Å². The number of ether oxygens (including phenoxy) is 1. The van der Waals surface area contributed by atoms with Crippen molar-refractivity contribution in [2.45, 2.75) is 25.4 Å². The van der Waals surface area contributed by atoms with Crippen LogP contribution in [0.25, 0.3) is 0 Å². The lowest BCUT2D eigenvalue weighted by molar-refractivity contribution is -0.137. The molecule has 3 unspecified atom stereocenters. The zero-order chi connectivity index (χ0) is 12.6. The predicted octanol–water partition coefficient (Wildman–Crippen LogP) is -0.829. The molecule has 3 atom stereocenters. The van der Waals surface area contributed by atoms with Crippen LogP contribution in [-0.4, -0.2) is 56.7 Å². The molecule has 6 nitrogen and oxygen atoms in total. The number of nitrogens with one attached hydrogen (secondary N) is 1. The summed E-state index contributed by atoms with van der Waals surface area (Å²) in [5.41, 5.74) is 0. The Morgan fingerprint density at radius 3 is 2.82 bits per heavy atom. The SMILES string of the molecule is COC(=O)CS(=O)(=O)N1C(C)CC2CNCC21. The van der Waals surface area contributed by atoms with E-state index in [0.717, 1.165) is 13.0 Å². The number of rotatable bonds is 3. The van der Waals surface area contributed by atoms with Crippen molar-refractivity contribution < 1.29 is 17.9 Å². The highest BCUT2D eigenvalue weighted by Crippen LogP contribution is 2.34. The number of fused-ring (bicyclic) bond motifs is 1. The zero-order valence-electron chi connectivity index (χ0n) is 10.0. The van der Waals surface area contributed by atoms with Crippen molar-refractivity contribution in [3.63, 3.8) is 0 Å². The van der Waals surface area contributed by atoms with Gasteiger partial charge in [0.15, 0.2) is 5.75 Å². The molecule has 98 valence electrons. The fourth-order valence-electron chi connectivity index (χ4n) is 2.89. The van der Waals surface area contributed by atoms with E-state index in [4.69, 9.17) is 0 Å². The Bertz CT molecular complexity index is 409. The van der Waals surface area contributed by atoms with Crippen molar-refractivity contribution in [2.24, 2.45) is 5.92 Å². The molecule has 2 heterocycles. The first-order valence-corrected chi connectivity index (χ1v) is 7.35. The van der Waals surface area contributed by atoms with E-state index in [-0.39, 0.29) is 12.1 Å². The molecule has 0 aliphatic carbocycles. The van der Waals surface area contributed by atoms with E-state index in [1.54, 1.807) is 0 Å². The van der Waals surface area contributed by atoms with E-state index in [9.17, 15) is 13.2 Å². The van der Waals surface area contributed by atoms with Crippen LogP contribution in [0.1, 0.15) is 13.3 Å². The second kappa shape index (κ2) is 4.55. The van der Waals surface area contributed by atoms with Gasteiger partial charge in [-0.25, -0.2) is 8.42 Å². The Morgan fingerprint density at radius 2 is 2.18 bits per heavy atom. The number of carbonyl (C=O) groups is 1. The van der Waals surface area contributed by atoms with Crippen LogP contribution in [0.2, 0.25) is 0 Å². The average molecular weight is 262 g/mol. The Kier molecular flexibility index (Phi) is 3.42. The lowest BCUT2D eigenvalue weighted by Crippen LogP contribution is -2.45. The molecule has 0 aromatic heterocycles. The molecule has 2 saturated heterocycles. The van der Waals surface area contributed by atoms with Crippen molar-refractivity contribution >= 4 is 16.0 Å². The second-order valence-corrected chi connectivity index (χ2v) is 6.61. The number of methoxy groups -OCH3 is 1. The Morgan fingerprint density at radius 1 is 1.47 bits per heavy atom. The number of carbonyl (C=O) groups excluding carboxylic acids is 1. The summed E-state index contributed by atoms with van der Waals surface area (Å²) in [5, 5.41) is 3.19. The molecule has 2 rings (SSSR count). The number of nitrogens with zero attached hydrogens (tertiary/aromatic N) is 1. The van der Waals surface area contributed by atoms with Crippen LogP contribution in [-0.2, 0) is 19.6 Å². The number of hydrogen-bond donors (Lipinski definition) is 1. The van der Waals surface area contributed by atoms with E-state index < -0.39 is 21.7 Å². The largest absolute Gasteiger partial charge is 0.468 e. The summed E-state index contributed by atoms with van der Waals surface area (Å²) < 4.78 is 30.2. The number of esters is 1. The number of hydrogen-bond acceptors (Lipinski definition) is 5. The van der Waals surface area contributed by atoms with Crippen LogP contribution in [0.3, 0.4) is 0 Å². The molecule has 0 saturated carbocycles. The van der Waals surface area contributed by atoms with Gasteiger partial charge in [-0.2, -0.15) is 4.31 Å². The van der Waals surface area contributed by atoms with Crippen LogP contribution in [0.4, 0.5) is 0 Å². The molecule has 0 spiro atoms. The Balaban J connectivity index is 2.17. The standard InChI is InChI=1S/C10H18N2O4S/c1-7-3-8-4-11-5-9(8)12(7)17(14,15)6-10(13)16-2/h7-9,11H,3-6H2,1-2H3. The van der Waals surface area contributed by atoms with Crippen molar-refractivity contribution in [2.75, 3.05) is 26.0 Å². The lowest BCUT2D eigenvalue weighted by Gasteiger charge is -2.26. The third-order valence-corrected chi connectivity index (χ3v) is 5.43. The number of sulfonamides is 1. The van der Waals surface area contributed by atoms with Gasteiger partial charge < -0.3 is 10.1 Å². The van der Waals surface area contributed by atoms with Crippen molar-refractivity contribution in [1.29, 1.82) is 0 Å². The normalized spacial score (nSPS) is 33.6. The molecule has 2 aliphatic rings. The van der Waals surface area contributed by atoms with E-state index in [0.29, 0.717) is 12.5 Å². The zero-order valence-corrected chi connectivity index (χ0v) is 10.9. The van der Waals surface area contributed by atoms with E-state index >= 15 is 0 Å². The monoisotopic (exact) mass is 262 g/mol. The summed E-state index contributed by atoms with van der Waals surface area (Å²) in [6, 6.07) is -0.0265. The smallest absolute Gasteiger partial charge is 0.322 e. The van der Waals surface area contributed by atoms with Crippen LogP contribution in [0.15, 0.2) is 0 Å². The highest BCUT2D eigenvalue weighted by atomic mass is 32.2. The first-order chi connectivity index (χ1) is 7.95. The van der Waals surface area contributed by atoms with Gasteiger partial charge in [0.05, 0.1) is 7.11 Å². The maximum Gasteiger partial charge on any atom is 0.322 e. The van der Waals surface area contributed by atoms with Crippen molar-refractivity contribution in [3.05, 3.63) is 0 Å². The Hall–Kier alpha value is -0.660. The molecule has 17 heavy (non-hydrogen) atoms. The first kappa shape index (κ1) is 12.8. The molecule has 0 amide bonds. The molecule has 0 bridgehead atoms. The van der Waals surface area contributed by atoms with E-state index in [1.165, 1.54) is 11.4 Å². The minimum Gasteiger partial charge on any atom is -0.468 e. The second-order valence-electron chi connectivity index (χ2n) is 4.73. The maximum absolute atomic E-state index is 12.2. The maximum atomic E-state index is 12.2. The van der Waals surface area contributed by atoms with Crippen LogP contribution in [0, 0.1) is 5.92 Å². The summed E-state index contributed by atoms with van der Waals surface area (Å²) in [6.07, 6.45) is 0.859. The molecule has 0 radical (unpaired) electrons. The average Bonchev–Trinajstić information content (AvgIpc) is 2.75. The quantitative estimate of drug-likeness (QED) is 0.672. The topological polar surface area (TPSA) is 75.7 Å². The molecule has 0 aromatic carbocycles. The summed E-state index contributed by atoms with van der Waals surface area (Å²) in [7, 11) is -2.36. The van der Waals surface area contributed by atoms with Gasteiger partial charge in [-0.1, -0.05) is 0 Å². The highest BCUT2D eigenvalue weighted by Gasteiger charge is 2.47. The highest BCUT2D eigenvalue weighted by molar-refractivity contribution is 7.89. The fourth-order valence-corrected chi connectivity index (χ4v) is 4.75. The molecule has 7 heteroatoms. The van der Waals surface area contributed by atoms with Crippen LogP contribution >= 0.6 is 0 Å². The van der Waals surface area contributed by atoms with Gasteiger partial charge in [0.1, 0.15) is 0 Å². The van der Waals surface area contributed by atoms with Gasteiger partial charge in [-0.15, -0.1) is 0 Å². The lowest BCUT2D eigenvalue weighted by atomic mass is 10.0.